The molecule has 12 nitrogen and oxygen atoms in total. The van der Waals surface area contributed by atoms with Gasteiger partial charge in [0, 0.05) is 6.42 Å². The average molecular weight is 450 g/mol. The van der Waals surface area contributed by atoms with Crippen molar-refractivity contribution in [2.24, 2.45) is 0 Å². The number of Topliss-reactive ketones (excluding diaryl/α,β-unsaturated/α-hetero) is 1. The number of carbonyl (C=O) groups excluding carboxylic acids is 1. The standard InChI is InChI=1S/C19H30O12/c1-4-5-17(28)15(26)12(23)11(7-21)30-19(17,14(25)9(2)3)31-18(8-22)16(27)13(24)10(6-20)29-18/h4,10-13,15-16,20-24,26-28H,1-2,5-8H2,3H3/t10-,11-,12-,13-,15+,16+,17-,18?,19+/m1/s1. The Bertz CT molecular complexity index is 699. The van der Waals surface area contributed by atoms with Crippen molar-refractivity contribution in [2.45, 2.75) is 67.1 Å². The summed E-state index contributed by atoms with van der Waals surface area (Å²) < 4.78 is 16.4. The quantitative estimate of drug-likeness (QED) is 0.125. The number of rotatable bonds is 9. The highest BCUT2D eigenvalue weighted by molar-refractivity contribution is 6.01. The molecule has 2 aliphatic heterocycles. The molecule has 0 bridgehead atoms. The Balaban J connectivity index is 2.73. The highest BCUT2D eigenvalue weighted by Gasteiger charge is 2.72. The van der Waals surface area contributed by atoms with Crippen LogP contribution in [0, 0.1) is 0 Å². The van der Waals surface area contributed by atoms with Crippen molar-refractivity contribution in [2.75, 3.05) is 19.8 Å². The van der Waals surface area contributed by atoms with Crippen molar-refractivity contribution in [1.29, 1.82) is 0 Å². The lowest BCUT2D eigenvalue weighted by molar-refractivity contribution is -0.438. The predicted molar refractivity (Wildman–Crippen MR) is 101 cm³/mol. The van der Waals surface area contributed by atoms with Crippen LogP contribution < -0.4 is 0 Å². The monoisotopic (exact) mass is 450 g/mol. The molecule has 0 radical (unpaired) electrons. The van der Waals surface area contributed by atoms with Crippen LogP contribution in [0.2, 0.25) is 0 Å². The van der Waals surface area contributed by atoms with Crippen molar-refractivity contribution in [1.82, 2.24) is 0 Å². The molecular weight excluding hydrogens is 420 g/mol. The van der Waals surface area contributed by atoms with E-state index in [4.69, 9.17) is 14.2 Å². The summed E-state index contributed by atoms with van der Waals surface area (Å²) >= 11 is 0. The minimum absolute atomic E-state index is 0.261. The molecule has 2 saturated heterocycles. The van der Waals surface area contributed by atoms with Crippen LogP contribution >= 0.6 is 0 Å². The zero-order valence-electron chi connectivity index (χ0n) is 17.0. The van der Waals surface area contributed by atoms with Gasteiger partial charge in [-0.1, -0.05) is 12.7 Å². The van der Waals surface area contributed by atoms with Gasteiger partial charge in [0.1, 0.15) is 43.2 Å². The number of ketones is 1. The SMILES string of the molecule is C=CC[C@@]1(O)[C@@H](O)[C@H](O)[C@@H](CO)O[C@]1(OC1(CO)O[C@H](CO)[C@@H](O)[C@@H]1O)C(=O)C(=C)C. The van der Waals surface area contributed by atoms with Gasteiger partial charge >= 0.3 is 0 Å². The lowest BCUT2D eigenvalue weighted by Crippen LogP contribution is -2.78. The summed E-state index contributed by atoms with van der Waals surface area (Å²) in [6.07, 6.45) is -10.5. The van der Waals surface area contributed by atoms with Crippen LogP contribution in [0.25, 0.3) is 0 Å². The summed E-state index contributed by atoms with van der Waals surface area (Å²) in [5, 5.41) is 81.9. The molecule has 2 rings (SSSR count). The Morgan fingerprint density at radius 1 is 1.03 bits per heavy atom. The van der Waals surface area contributed by atoms with E-state index < -0.39 is 85.8 Å². The minimum Gasteiger partial charge on any atom is -0.394 e. The second kappa shape index (κ2) is 9.29. The molecule has 0 amide bonds. The van der Waals surface area contributed by atoms with Gasteiger partial charge in [-0.05, 0) is 12.5 Å². The molecule has 0 spiro atoms. The molecule has 0 aliphatic carbocycles. The summed E-state index contributed by atoms with van der Waals surface area (Å²) in [4.78, 5) is 13.3. The molecule has 0 aromatic carbocycles. The Kier molecular flexibility index (Phi) is 7.78. The Morgan fingerprint density at radius 3 is 1.97 bits per heavy atom. The van der Waals surface area contributed by atoms with Gasteiger partial charge in [0.2, 0.25) is 11.6 Å². The maximum absolute atomic E-state index is 13.3. The van der Waals surface area contributed by atoms with Crippen molar-refractivity contribution in [3.63, 3.8) is 0 Å². The van der Waals surface area contributed by atoms with E-state index in [0.717, 1.165) is 6.08 Å². The molecule has 8 N–H and O–H groups in total. The third-order valence-electron chi connectivity index (χ3n) is 5.63. The van der Waals surface area contributed by atoms with E-state index in [1.165, 1.54) is 6.92 Å². The van der Waals surface area contributed by atoms with Gasteiger partial charge in [0.05, 0.1) is 13.2 Å². The van der Waals surface area contributed by atoms with Crippen LogP contribution in [-0.4, -0.2) is 120 Å². The topological polar surface area (TPSA) is 207 Å². The highest BCUT2D eigenvalue weighted by atomic mass is 16.8. The molecule has 9 atom stereocenters. The van der Waals surface area contributed by atoms with Crippen molar-refractivity contribution >= 4 is 5.78 Å². The maximum atomic E-state index is 13.3. The fourth-order valence-corrected chi connectivity index (χ4v) is 3.87. The minimum atomic E-state index is -2.99. The van der Waals surface area contributed by atoms with E-state index in [-0.39, 0.29) is 5.57 Å². The molecule has 0 aromatic heterocycles. The summed E-state index contributed by atoms with van der Waals surface area (Å²) in [6.45, 7) is 5.22. The van der Waals surface area contributed by atoms with Crippen LogP contribution in [0.5, 0.6) is 0 Å². The molecule has 0 aromatic rings. The number of carbonyl (C=O) groups is 1. The summed E-state index contributed by atoms with van der Waals surface area (Å²) in [5.74, 6) is -6.78. The number of hydrogen-bond donors (Lipinski definition) is 8. The molecule has 2 fully saturated rings. The molecule has 0 saturated carbocycles. The largest absolute Gasteiger partial charge is 0.394 e. The first-order valence-electron chi connectivity index (χ1n) is 9.55. The third kappa shape index (κ3) is 3.87. The molecule has 2 aliphatic rings. The Labute approximate surface area is 178 Å². The normalized spacial score (nSPS) is 45.5. The van der Waals surface area contributed by atoms with Gasteiger partial charge in [0.25, 0.3) is 5.79 Å². The van der Waals surface area contributed by atoms with Gasteiger partial charge in [-0.25, -0.2) is 0 Å². The zero-order chi connectivity index (χ0) is 23.8. The van der Waals surface area contributed by atoms with Gasteiger partial charge in [-0.3, -0.25) is 4.79 Å². The number of aliphatic hydroxyl groups excluding tert-OH is 7. The van der Waals surface area contributed by atoms with Gasteiger partial charge in [0.15, 0.2) is 5.60 Å². The molecule has 178 valence electrons. The smallest absolute Gasteiger partial charge is 0.269 e. The predicted octanol–water partition coefficient (Wildman–Crippen LogP) is -3.93. The summed E-state index contributed by atoms with van der Waals surface area (Å²) in [6, 6.07) is 0. The Hall–Kier alpha value is -1.29. The number of aliphatic hydroxyl groups is 8. The average Bonchev–Trinajstić information content (AvgIpc) is 2.99. The number of hydrogen-bond acceptors (Lipinski definition) is 12. The zero-order valence-corrected chi connectivity index (χ0v) is 17.0. The van der Waals surface area contributed by atoms with Crippen molar-refractivity contribution in [3.05, 3.63) is 24.8 Å². The Morgan fingerprint density at radius 2 is 1.55 bits per heavy atom. The van der Waals surface area contributed by atoms with E-state index in [9.17, 15) is 45.6 Å². The van der Waals surface area contributed by atoms with Crippen LogP contribution in [-0.2, 0) is 19.0 Å². The van der Waals surface area contributed by atoms with Crippen LogP contribution in [0.15, 0.2) is 24.8 Å². The second-order valence-corrected chi connectivity index (χ2v) is 7.76. The van der Waals surface area contributed by atoms with Gasteiger partial charge < -0.3 is 55.1 Å². The van der Waals surface area contributed by atoms with E-state index in [0.29, 0.717) is 0 Å². The molecule has 31 heavy (non-hydrogen) atoms. The van der Waals surface area contributed by atoms with Gasteiger partial charge in [-0.2, -0.15) is 0 Å². The van der Waals surface area contributed by atoms with E-state index >= 15 is 0 Å². The first-order valence-corrected chi connectivity index (χ1v) is 9.55. The number of ether oxygens (including phenoxy) is 3. The van der Waals surface area contributed by atoms with Crippen molar-refractivity contribution < 1.29 is 59.9 Å². The molecule has 1 unspecified atom stereocenters. The van der Waals surface area contributed by atoms with Crippen molar-refractivity contribution in [3.8, 4) is 0 Å². The lowest BCUT2D eigenvalue weighted by atomic mass is 9.74. The van der Waals surface area contributed by atoms with Crippen LogP contribution in [0.3, 0.4) is 0 Å². The van der Waals surface area contributed by atoms with E-state index in [1.807, 2.05) is 0 Å². The third-order valence-corrected chi connectivity index (χ3v) is 5.63. The molecule has 12 heteroatoms. The second-order valence-electron chi connectivity index (χ2n) is 7.76. The summed E-state index contributed by atoms with van der Waals surface area (Å²) in [5.41, 5.74) is -3.04. The molecule has 2 heterocycles. The fourth-order valence-electron chi connectivity index (χ4n) is 3.87. The first-order chi connectivity index (χ1) is 14.4. The van der Waals surface area contributed by atoms with Crippen LogP contribution in [0.1, 0.15) is 13.3 Å². The molecular formula is C19H30O12. The lowest BCUT2D eigenvalue weighted by Gasteiger charge is -2.56. The van der Waals surface area contributed by atoms with E-state index in [2.05, 4.69) is 13.2 Å². The van der Waals surface area contributed by atoms with E-state index in [1.54, 1.807) is 0 Å². The first kappa shape index (κ1) is 26.0. The maximum Gasteiger partial charge on any atom is 0.269 e. The fraction of sp³-hybridized carbons (Fsp3) is 0.737. The van der Waals surface area contributed by atoms with Gasteiger partial charge in [-0.15, -0.1) is 6.58 Å². The highest BCUT2D eigenvalue weighted by Crippen LogP contribution is 2.48. The summed E-state index contributed by atoms with van der Waals surface area (Å²) in [7, 11) is 0. The van der Waals surface area contributed by atoms with Crippen LogP contribution in [0.4, 0.5) is 0 Å².